The van der Waals surface area contributed by atoms with Gasteiger partial charge in [0.05, 0.1) is 6.04 Å². The van der Waals surface area contributed by atoms with E-state index in [1.165, 1.54) is 28.9 Å². The molecule has 1 atom stereocenters. The lowest BCUT2D eigenvalue weighted by atomic mass is 9.87. The topological polar surface area (TPSA) is 63.8 Å². The Morgan fingerprint density at radius 3 is 3.18 bits per heavy atom. The first-order valence-electron chi connectivity index (χ1n) is 5.74. The lowest BCUT2D eigenvalue weighted by Gasteiger charge is -2.26. The molecule has 5 heteroatoms. The van der Waals surface area contributed by atoms with Crippen LogP contribution in [0.15, 0.2) is 23.7 Å². The van der Waals surface area contributed by atoms with E-state index in [9.17, 15) is 0 Å². The Kier molecular flexibility index (Phi) is 2.68. The SMILES string of the molecule is Nc1ccc2c(c1)CCCC2Nc1nncs1. The van der Waals surface area contributed by atoms with Crippen molar-refractivity contribution in [1.82, 2.24) is 10.2 Å². The number of aryl methyl sites for hydroxylation is 1. The minimum atomic E-state index is 0.340. The quantitative estimate of drug-likeness (QED) is 0.799. The molecule has 3 N–H and O–H groups in total. The minimum absolute atomic E-state index is 0.340. The maximum Gasteiger partial charge on any atom is 0.205 e. The second-order valence-corrected chi connectivity index (χ2v) is 5.12. The molecule has 1 aliphatic rings. The van der Waals surface area contributed by atoms with Crippen LogP contribution in [0.2, 0.25) is 0 Å². The van der Waals surface area contributed by atoms with Crippen molar-refractivity contribution in [2.24, 2.45) is 0 Å². The largest absolute Gasteiger partial charge is 0.399 e. The van der Waals surface area contributed by atoms with Crippen LogP contribution in [0.3, 0.4) is 0 Å². The van der Waals surface area contributed by atoms with E-state index in [2.05, 4.69) is 27.6 Å². The average Bonchev–Trinajstić information content (AvgIpc) is 2.82. The molecule has 4 nitrogen and oxygen atoms in total. The first-order valence-corrected chi connectivity index (χ1v) is 6.62. The lowest BCUT2D eigenvalue weighted by Crippen LogP contribution is -2.17. The molecule has 1 aliphatic carbocycles. The molecule has 1 aromatic carbocycles. The number of nitrogens with zero attached hydrogens (tertiary/aromatic N) is 2. The fraction of sp³-hybridized carbons (Fsp3) is 0.333. The molecule has 1 heterocycles. The van der Waals surface area contributed by atoms with Crippen LogP contribution in [-0.2, 0) is 6.42 Å². The number of nitrogens with one attached hydrogen (secondary N) is 1. The zero-order valence-electron chi connectivity index (χ0n) is 9.39. The van der Waals surface area contributed by atoms with E-state index in [1.54, 1.807) is 5.51 Å². The van der Waals surface area contributed by atoms with Crippen LogP contribution in [0.1, 0.15) is 30.0 Å². The summed E-state index contributed by atoms with van der Waals surface area (Å²) in [6.45, 7) is 0. The first-order chi connectivity index (χ1) is 8.33. The molecular formula is C12H14N4S. The predicted octanol–water partition coefficient (Wildman–Crippen LogP) is 2.61. The van der Waals surface area contributed by atoms with Crippen molar-refractivity contribution in [2.45, 2.75) is 25.3 Å². The molecule has 2 aromatic rings. The molecule has 0 amide bonds. The van der Waals surface area contributed by atoms with Gasteiger partial charge in [0, 0.05) is 5.69 Å². The number of hydrogen-bond acceptors (Lipinski definition) is 5. The Labute approximate surface area is 104 Å². The molecular weight excluding hydrogens is 232 g/mol. The van der Waals surface area contributed by atoms with Gasteiger partial charge in [0.2, 0.25) is 5.13 Å². The molecule has 0 spiro atoms. The summed E-state index contributed by atoms with van der Waals surface area (Å²) < 4.78 is 0. The minimum Gasteiger partial charge on any atom is -0.399 e. The third kappa shape index (κ3) is 2.10. The van der Waals surface area contributed by atoms with Crippen LogP contribution in [0.25, 0.3) is 0 Å². The summed E-state index contributed by atoms with van der Waals surface area (Å²) in [5.74, 6) is 0. The summed E-state index contributed by atoms with van der Waals surface area (Å²) in [5.41, 5.74) is 11.1. The van der Waals surface area contributed by atoms with Gasteiger partial charge in [0.15, 0.2) is 0 Å². The van der Waals surface area contributed by atoms with Crippen LogP contribution in [0, 0.1) is 0 Å². The van der Waals surface area contributed by atoms with Crippen molar-refractivity contribution in [3.63, 3.8) is 0 Å². The zero-order chi connectivity index (χ0) is 11.7. The Bertz CT molecular complexity index is 509. The van der Waals surface area contributed by atoms with Gasteiger partial charge >= 0.3 is 0 Å². The van der Waals surface area contributed by atoms with Gasteiger partial charge in [-0.05, 0) is 42.5 Å². The van der Waals surface area contributed by atoms with Crippen LogP contribution in [0.4, 0.5) is 10.8 Å². The normalized spacial score (nSPS) is 18.7. The summed E-state index contributed by atoms with van der Waals surface area (Å²) in [4.78, 5) is 0. The van der Waals surface area contributed by atoms with E-state index in [-0.39, 0.29) is 0 Å². The molecule has 0 saturated heterocycles. The number of nitrogens with two attached hydrogens (primary N) is 1. The Hall–Kier alpha value is -1.62. The molecule has 0 radical (unpaired) electrons. The summed E-state index contributed by atoms with van der Waals surface area (Å²) in [7, 11) is 0. The molecule has 0 fully saturated rings. The highest BCUT2D eigenvalue weighted by molar-refractivity contribution is 7.13. The Morgan fingerprint density at radius 2 is 2.35 bits per heavy atom. The molecule has 0 bridgehead atoms. The van der Waals surface area contributed by atoms with Gasteiger partial charge < -0.3 is 11.1 Å². The molecule has 17 heavy (non-hydrogen) atoms. The van der Waals surface area contributed by atoms with Crippen molar-refractivity contribution < 1.29 is 0 Å². The van der Waals surface area contributed by atoms with E-state index in [0.29, 0.717) is 6.04 Å². The van der Waals surface area contributed by atoms with Crippen LogP contribution >= 0.6 is 11.3 Å². The fourth-order valence-corrected chi connectivity index (χ4v) is 2.87. The molecule has 3 rings (SSSR count). The van der Waals surface area contributed by atoms with E-state index in [0.717, 1.165) is 23.7 Å². The van der Waals surface area contributed by atoms with E-state index >= 15 is 0 Å². The number of benzene rings is 1. The van der Waals surface area contributed by atoms with Gasteiger partial charge in [0.25, 0.3) is 0 Å². The van der Waals surface area contributed by atoms with Crippen molar-refractivity contribution in [3.8, 4) is 0 Å². The van der Waals surface area contributed by atoms with Crippen molar-refractivity contribution in [1.29, 1.82) is 0 Å². The van der Waals surface area contributed by atoms with E-state index in [4.69, 9.17) is 5.73 Å². The van der Waals surface area contributed by atoms with Crippen molar-refractivity contribution in [3.05, 3.63) is 34.8 Å². The van der Waals surface area contributed by atoms with Gasteiger partial charge in [-0.3, -0.25) is 0 Å². The van der Waals surface area contributed by atoms with Gasteiger partial charge in [-0.2, -0.15) is 0 Å². The standard InChI is InChI=1S/C12H14N4S/c13-9-4-5-10-8(6-9)2-1-3-11(10)15-12-16-14-7-17-12/h4-7,11H,1-3,13H2,(H,15,16). The Balaban J connectivity index is 1.89. The second kappa shape index (κ2) is 4.33. The van der Waals surface area contributed by atoms with Crippen molar-refractivity contribution in [2.75, 3.05) is 11.1 Å². The fourth-order valence-electron chi connectivity index (χ4n) is 2.37. The monoisotopic (exact) mass is 246 g/mol. The lowest BCUT2D eigenvalue weighted by molar-refractivity contribution is 0.599. The van der Waals surface area contributed by atoms with E-state index in [1.807, 2.05) is 6.07 Å². The second-order valence-electron chi connectivity index (χ2n) is 4.29. The highest BCUT2D eigenvalue weighted by Crippen LogP contribution is 2.33. The number of rotatable bonds is 2. The smallest absolute Gasteiger partial charge is 0.205 e. The summed E-state index contributed by atoms with van der Waals surface area (Å²) in [5, 5.41) is 12.2. The molecule has 1 aromatic heterocycles. The maximum atomic E-state index is 5.82. The maximum absolute atomic E-state index is 5.82. The Morgan fingerprint density at radius 1 is 1.41 bits per heavy atom. The van der Waals surface area contributed by atoms with Gasteiger partial charge in [0.1, 0.15) is 5.51 Å². The van der Waals surface area contributed by atoms with Gasteiger partial charge in [-0.25, -0.2) is 0 Å². The van der Waals surface area contributed by atoms with Crippen LogP contribution in [0.5, 0.6) is 0 Å². The molecule has 0 saturated carbocycles. The zero-order valence-corrected chi connectivity index (χ0v) is 10.2. The average molecular weight is 246 g/mol. The third-order valence-corrected chi connectivity index (χ3v) is 3.76. The third-order valence-electron chi connectivity index (χ3n) is 3.14. The van der Waals surface area contributed by atoms with Crippen LogP contribution < -0.4 is 11.1 Å². The first kappa shape index (κ1) is 10.5. The predicted molar refractivity (Wildman–Crippen MR) is 70.1 cm³/mol. The number of hydrogen-bond donors (Lipinski definition) is 2. The van der Waals surface area contributed by atoms with Gasteiger partial charge in [-0.15, -0.1) is 10.2 Å². The van der Waals surface area contributed by atoms with Gasteiger partial charge in [-0.1, -0.05) is 17.4 Å². The van der Waals surface area contributed by atoms with Crippen molar-refractivity contribution >= 4 is 22.2 Å². The number of anilines is 2. The summed E-state index contributed by atoms with van der Waals surface area (Å²) in [6.07, 6.45) is 3.44. The summed E-state index contributed by atoms with van der Waals surface area (Å²) >= 11 is 1.54. The molecule has 1 unspecified atom stereocenters. The molecule has 88 valence electrons. The highest BCUT2D eigenvalue weighted by atomic mass is 32.1. The van der Waals surface area contributed by atoms with E-state index < -0.39 is 0 Å². The number of nitrogen functional groups attached to an aromatic ring is 1. The summed E-state index contributed by atoms with van der Waals surface area (Å²) in [6, 6.07) is 6.53. The van der Waals surface area contributed by atoms with Crippen LogP contribution in [-0.4, -0.2) is 10.2 Å². The number of fused-ring (bicyclic) bond motifs is 1. The number of aromatic nitrogens is 2. The highest BCUT2D eigenvalue weighted by Gasteiger charge is 2.20. The molecule has 0 aliphatic heterocycles.